The van der Waals surface area contributed by atoms with Crippen LogP contribution in [0.5, 0.6) is 0 Å². The average molecular weight is 446 g/mol. The summed E-state index contributed by atoms with van der Waals surface area (Å²) >= 11 is 1.64. The highest BCUT2D eigenvalue weighted by Gasteiger charge is 2.21. The molecule has 0 fully saturated rings. The highest BCUT2D eigenvalue weighted by Crippen LogP contribution is 2.30. The zero-order chi connectivity index (χ0) is 22.7. The molecule has 1 unspecified atom stereocenters. The average Bonchev–Trinajstić information content (AvgIpc) is 3.31. The molecule has 1 aliphatic rings. The lowest BCUT2D eigenvalue weighted by Crippen LogP contribution is -2.29. The maximum absolute atomic E-state index is 13.0. The molecule has 0 radical (unpaired) electrons. The Kier molecular flexibility index (Phi) is 6.57. The minimum absolute atomic E-state index is 0.0513. The molecule has 4 rings (SSSR count). The predicted molar refractivity (Wildman–Crippen MR) is 127 cm³/mol. The lowest BCUT2D eigenvalue weighted by molar-refractivity contribution is -0.121. The standard InChI is InChI=1S/C26H27N3O2S/c1-16-21(17(2)28-26(31)22(16)15-27)11-12-24(30)29-25(23-8-5-13-32-23)20-10-9-18-6-3-4-7-19(18)14-20/h5,8-10,13-14,25H,3-4,6-7,11-12H2,1-2H3,(H,28,31)(H,29,30). The van der Waals surface area contributed by atoms with Gasteiger partial charge in [0, 0.05) is 17.0 Å². The Morgan fingerprint density at radius 2 is 2.00 bits per heavy atom. The molecule has 0 aliphatic heterocycles. The number of carbonyl (C=O) groups is 1. The SMILES string of the molecule is Cc1[nH]c(=O)c(C#N)c(C)c1CCC(=O)NC(c1ccc2c(c1)CCCC2)c1cccs1. The number of benzene rings is 1. The lowest BCUT2D eigenvalue weighted by Gasteiger charge is -2.22. The number of rotatable bonds is 6. The number of hydrogen-bond acceptors (Lipinski definition) is 4. The van der Waals surface area contributed by atoms with Crippen molar-refractivity contribution in [3.05, 3.63) is 90.0 Å². The van der Waals surface area contributed by atoms with Crippen molar-refractivity contribution in [3.63, 3.8) is 0 Å². The minimum atomic E-state index is -0.374. The first-order chi connectivity index (χ1) is 15.5. The highest BCUT2D eigenvalue weighted by atomic mass is 32.1. The molecule has 0 saturated heterocycles. The van der Waals surface area contributed by atoms with E-state index in [1.807, 2.05) is 24.4 Å². The van der Waals surface area contributed by atoms with Gasteiger partial charge >= 0.3 is 0 Å². The number of nitrogens with one attached hydrogen (secondary N) is 2. The van der Waals surface area contributed by atoms with Crippen molar-refractivity contribution in [2.45, 2.75) is 58.4 Å². The van der Waals surface area contributed by atoms with Gasteiger partial charge in [0.25, 0.3) is 5.56 Å². The molecule has 0 bridgehead atoms. The molecule has 5 nitrogen and oxygen atoms in total. The smallest absolute Gasteiger partial charge is 0.266 e. The van der Waals surface area contributed by atoms with E-state index in [4.69, 9.17) is 0 Å². The van der Waals surface area contributed by atoms with E-state index in [2.05, 4.69) is 34.6 Å². The second-order valence-corrected chi connectivity index (χ2v) is 9.40. The fourth-order valence-electron chi connectivity index (χ4n) is 4.60. The number of carbonyl (C=O) groups excluding carboxylic acids is 1. The maximum Gasteiger partial charge on any atom is 0.266 e. The van der Waals surface area contributed by atoms with Gasteiger partial charge in [-0.15, -0.1) is 11.3 Å². The van der Waals surface area contributed by atoms with Gasteiger partial charge in [-0.25, -0.2) is 0 Å². The summed E-state index contributed by atoms with van der Waals surface area (Å²) in [6.07, 6.45) is 5.44. The maximum atomic E-state index is 13.0. The van der Waals surface area contributed by atoms with Crippen LogP contribution >= 0.6 is 11.3 Å². The Bertz CT molecular complexity index is 1240. The van der Waals surface area contributed by atoms with Crippen molar-refractivity contribution in [2.24, 2.45) is 0 Å². The number of aromatic nitrogens is 1. The van der Waals surface area contributed by atoms with Crippen LogP contribution in [0.2, 0.25) is 0 Å². The minimum Gasteiger partial charge on any atom is -0.344 e. The number of thiophene rings is 1. The number of hydrogen-bond donors (Lipinski definition) is 2. The number of fused-ring (bicyclic) bond motifs is 1. The summed E-state index contributed by atoms with van der Waals surface area (Å²) in [6, 6.07) is 12.5. The number of nitrogens with zero attached hydrogens (tertiary/aromatic N) is 1. The second kappa shape index (κ2) is 9.54. The summed E-state index contributed by atoms with van der Waals surface area (Å²) in [7, 11) is 0. The van der Waals surface area contributed by atoms with Gasteiger partial charge in [0.05, 0.1) is 6.04 Å². The molecule has 2 heterocycles. The summed E-state index contributed by atoms with van der Waals surface area (Å²) < 4.78 is 0. The van der Waals surface area contributed by atoms with E-state index in [9.17, 15) is 14.9 Å². The third kappa shape index (κ3) is 4.53. The van der Waals surface area contributed by atoms with Crippen LogP contribution < -0.4 is 10.9 Å². The van der Waals surface area contributed by atoms with Crippen LogP contribution in [-0.2, 0) is 24.1 Å². The second-order valence-electron chi connectivity index (χ2n) is 8.42. The van der Waals surface area contributed by atoms with Crippen LogP contribution in [0.1, 0.15) is 69.3 Å². The molecule has 1 aliphatic carbocycles. The van der Waals surface area contributed by atoms with Crippen molar-refractivity contribution >= 4 is 17.2 Å². The Balaban J connectivity index is 1.54. The van der Waals surface area contributed by atoms with Crippen molar-refractivity contribution < 1.29 is 4.79 Å². The van der Waals surface area contributed by atoms with E-state index in [1.54, 1.807) is 18.3 Å². The van der Waals surface area contributed by atoms with Crippen molar-refractivity contribution in [1.29, 1.82) is 5.26 Å². The molecule has 0 spiro atoms. The summed E-state index contributed by atoms with van der Waals surface area (Å²) in [5.74, 6) is -0.0513. The first-order valence-electron chi connectivity index (χ1n) is 11.0. The topological polar surface area (TPSA) is 85.8 Å². The first-order valence-corrected chi connectivity index (χ1v) is 11.9. The molecule has 1 aromatic carbocycles. The molecule has 0 saturated carbocycles. The number of H-pyrrole nitrogens is 1. The van der Waals surface area contributed by atoms with Crippen LogP contribution in [0.15, 0.2) is 40.5 Å². The van der Waals surface area contributed by atoms with E-state index in [0.717, 1.165) is 28.8 Å². The Morgan fingerprint density at radius 3 is 2.72 bits per heavy atom. The fraction of sp³-hybridized carbons (Fsp3) is 0.346. The third-order valence-corrected chi connectivity index (χ3v) is 7.30. The largest absolute Gasteiger partial charge is 0.344 e. The van der Waals surface area contributed by atoms with Crippen molar-refractivity contribution in [3.8, 4) is 6.07 Å². The number of aryl methyl sites for hydroxylation is 3. The fourth-order valence-corrected chi connectivity index (χ4v) is 5.40. The number of aromatic amines is 1. The van der Waals surface area contributed by atoms with Gasteiger partial charge in [0.15, 0.2) is 0 Å². The third-order valence-electron chi connectivity index (χ3n) is 6.36. The predicted octanol–water partition coefficient (Wildman–Crippen LogP) is 4.64. The molecule has 32 heavy (non-hydrogen) atoms. The Labute approximate surface area is 192 Å². The van der Waals surface area contributed by atoms with Crippen molar-refractivity contribution in [2.75, 3.05) is 0 Å². The Morgan fingerprint density at radius 1 is 1.22 bits per heavy atom. The van der Waals surface area contributed by atoms with Crippen LogP contribution in [0.3, 0.4) is 0 Å². The van der Waals surface area contributed by atoms with Crippen LogP contribution in [0, 0.1) is 25.2 Å². The molecule has 164 valence electrons. The van der Waals surface area contributed by atoms with Gasteiger partial charge in [-0.3, -0.25) is 9.59 Å². The quantitative estimate of drug-likeness (QED) is 0.579. The molecule has 3 aromatic rings. The van der Waals surface area contributed by atoms with Crippen LogP contribution in [0.4, 0.5) is 0 Å². The highest BCUT2D eigenvalue weighted by molar-refractivity contribution is 7.10. The zero-order valence-corrected chi connectivity index (χ0v) is 19.3. The molecular weight excluding hydrogens is 418 g/mol. The van der Waals surface area contributed by atoms with Gasteiger partial charge in [-0.2, -0.15) is 5.26 Å². The molecule has 2 N–H and O–H groups in total. The number of nitriles is 1. The first kappa shape index (κ1) is 22.0. The van der Waals surface area contributed by atoms with E-state index in [1.165, 1.54) is 24.0 Å². The van der Waals surface area contributed by atoms with Crippen LogP contribution in [-0.4, -0.2) is 10.9 Å². The monoisotopic (exact) mass is 445 g/mol. The zero-order valence-electron chi connectivity index (χ0n) is 18.5. The van der Waals surface area contributed by atoms with E-state index >= 15 is 0 Å². The molecular formula is C26H27N3O2S. The molecule has 6 heteroatoms. The lowest BCUT2D eigenvalue weighted by atomic mass is 9.89. The van der Waals surface area contributed by atoms with E-state index < -0.39 is 0 Å². The van der Waals surface area contributed by atoms with Gasteiger partial charge in [0.2, 0.25) is 5.91 Å². The van der Waals surface area contributed by atoms with Gasteiger partial charge in [0.1, 0.15) is 11.6 Å². The van der Waals surface area contributed by atoms with E-state index in [0.29, 0.717) is 17.7 Å². The Hall–Kier alpha value is -3.17. The van der Waals surface area contributed by atoms with Crippen LogP contribution in [0.25, 0.3) is 0 Å². The number of amides is 1. The normalized spacial score (nSPS) is 13.8. The summed E-state index contributed by atoms with van der Waals surface area (Å²) in [5.41, 5.74) is 5.91. The van der Waals surface area contributed by atoms with E-state index in [-0.39, 0.29) is 29.5 Å². The summed E-state index contributed by atoms with van der Waals surface area (Å²) in [6.45, 7) is 3.58. The van der Waals surface area contributed by atoms with Crippen molar-refractivity contribution in [1.82, 2.24) is 10.3 Å². The summed E-state index contributed by atoms with van der Waals surface area (Å²) in [5, 5.41) is 14.5. The summed E-state index contributed by atoms with van der Waals surface area (Å²) in [4.78, 5) is 28.8. The number of pyridine rings is 1. The van der Waals surface area contributed by atoms with Gasteiger partial charge in [-0.1, -0.05) is 24.3 Å². The van der Waals surface area contributed by atoms with Gasteiger partial charge < -0.3 is 10.3 Å². The molecule has 1 amide bonds. The van der Waals surface area contributed by atoms with Gasteiger partial charge in [-0.05, 0) is 85.2 Å². The molecule has 2 aromatic heterocycles. The molecule has 1 atom stereocenters.